The minimum atomic E-state index is -0.888. The number of allylic oxidation sites excluding steroid dienone is 4. The number of aromatic amines is 2. The molecule has 12 nitrogen and oxygen atoms in total. The van der Waals surface area contributed by atoms with E-state index in [2.05, 4.69) is 43.0 Å². The number of nitrogens with one attached hydrogen (secondary N) is 2. The number of amides is 2. The van der Waals surface area contributed by atoms with Crippen molar-refractivity contribution in [2.24, 2.45) is 0 Å². The number of ether oxygens (including phenoxy) is 2. The Labute approximate surface area is 348 Å². The van der Waals surface area contributed by atoms with Gasteiger partial charge in [-0.2, -0.15) is 11.8 Å². The number of aryl methyl sites for hydroxylation is 2. The van der Waals surface area contributed by atoms with E-state index in [9.17, 15) is 24.3 Å². The second-order valence-electron chi connectivity index (χ2n) is 15.0. The quantitative estimate of drug-likeness (QED) is 0.0787. The predicted octanol–water partition coefficient (Wildman–Crippen LogP) is 8.60. The van der Waals surface area contributed by atoms with Gasteiger partial charge in [0.2, 0.25) is 11.8 Å². The molecule has 1 saturated heterocycles. The first-order valence-corrected chi connectivity index (χ1v) is 21.3. The van der Waals surface area contributed by atoms with E-state index in [1.54, 1.807) is 0 Å². The van der Waals surface area contributed by atoms with E-state index in [1.807, 2.05) is 50.5 Å². The fourth-order valence-electron chi connectivity index (χ4n) is 7.85. The molecule has 1 fully saturated rings. The van der Waals surface area contributed by atoms with Gasteiger partial charge < -0.3 is 24.5 Å². The van der Waals surface area contributed by atoms with Gasteiger partial charge in [0.1, 0.15) is 5.78 Å². The van der Waals surface area contributed by atoms with Gasteiger partial charge in [0.15, 0.2) is 0 Å². The van der Waals surface area contributed by atoms with E-state index < -0.39 is 5.97 Å². The first-order valence-electron chi connectivity index (χ1n) is 20.0. The molecule has 0 aliphatic carbocycles. The van der Waals surface area contributed by atoms with Crippen molar-refractivity contribution in [3.8, 4) is 0 Å². The van der Waals surface area contributed by atoms with Gasteiger partial charge in [0.25, 0.3) is 0 Å². The van der Waals surface area contributed by atoms with Crippen LogP contribution in [0.1, 0.15) is 104 Å². The maximum absolute atomic E-state index is 13.2. The summed E-state index contributed by atoms with van der Waals surface area (Å²) in [5.74, 6) is -1.09. The maximum Gasteiger partial charge on any atom is 0.303 e. The summed E-state index contributed by atoms with van der Waals surface area (Å²) in [5.41, 5.74) is 14.1. The maximum atomic E-state index is 13.2. The Morgan fingerprint density at radius 1 is 0.780 bits per heavy atom. The number of hydrogen-bond acceptors (Lipinski definition) is 9. The minimum Gasteiger partial charge on any atom is -0.481 e. The van der Waals surface area contributed by atoms with Crippen LogP contribution in [-0.2, 0) is 28.7 Å². The van der Waals surface area contributed by atoms with Crippen LogP contribution in [-0.4, -0.2) is 98.0 Å². The Morgan fingerprint density at radius 2 is 1.32 bits per heavy atom. The Bertz CT molecular complexity index is 2440. The average Bonchev–Trinajstić information content (AvgIpc) is 3.94. The zero-order chi connectivity index (χ0) is 42.4. The normalized spacial score (nSPS) is 15.5. The number of fused-ring (bicyclic) bond motifs is 8. The third kappa shape index (κ3) is 9.59. The third-order valence-electron chi connectivity index (χ3n) is 11.3. The second kappa shape index (κ2) is 19.1. The van der Waals surface area contributed by atoms with Gasteiger partial charge in [-0.3, -0.25) is 24.1 Å². The Balaban J connectivity index is 1.21. The van der Waals surface area contributed by atoms with E-state index in [0.717, 1.165) is 78.0 Å². The molecule has 3 aliphatic rings. The highest BCUT2D eigenvalue weighted by atomic mass is 32.2. The van der Waals surface area contributed by atoms with Crippen molar-refractivity contribution in [3.63, 3.8) is 0 Å². The highest BCUT2D eigenvalue weighted by molar-refractivity contribution is 8.00. The number of aromatic nitrogens is 4. The molecule has 6 rings (SSSR count). The van der Waals surface area contributed by atoms with Crippen LogP contribution in [0.25, 0.3) is 56.5 Å². The number of hydrogen-bond donors (Lipinski definition) is 3. The SMILES string of the molecule is C=Cc1c(C)c2cc3[nH]c(cc4nc(cc5nc(cc1[nH]2)C(C)=C5CCC(=O)O)C(CCC(=O)CCCOCCOCCN1C(=O)CC(SC)C1=O)=C4C)c(C)c3C=C. The molecule has 1 unspecified atom stereocenters. The summed E-state index contributed by atoms with van der Waals surface area (Å²) in [4.78, 5) is 67.9. The number of ketones is 1. The number of Topliss-reactive ketones (excluding diaryl/α,β-unsaturated/α-hetero) is 1. The van der Waals surface area contributed by atoms with Crippen LogP contribution in [0.4, 0.5) is 0 Å². The van der Waals surface area contributed by atoms with Crippen LogP contribution in [0.3, 0.4) is 0 Å². The molecule has 310 valence electrons. The van der Waals surface area contributed by atoms with Gasteiger partial charge in [-0.1, -0.05) is 25.3 Å². The molecule has 0 saturated carbocycles. The largest absolute Gasteiger partial charge is 0.481 e. The van der Waals surface area contributed by atoms with E-state index in [0.29, 0.717) is 63.3 Å². The van der Waals surface area contributed by atoms with Gasteiger partial charge in [0.05, 0.1) is 54.4 Å². The Kier molecular flexibility index (Phi) is 14.0. The number of imide groups is 1. The number of carboxylic acids is 1. The molecule has 6 heterocycles. The van der Waals surface area contributed by atoms with Crippen LogP contribution >= 0.6 is 11.8 Å². The molecule has 2 amide bonds. The van der Waals surface area contributed by atoms with Crippen LogP contribution in [0.15, 0.2) is 37.4 Å². The van der Waals surface area contributed by atoms with Crippen molar-refractivity contribution in [1.82, 2.24) is 24.8 Å². The Morgan fingerprint density at radius 3 is 1.88 bits per heavy atom. The van der Waals surface area contributed by atoms with Crippen LogP contribution in [0.5, 0.6) is 0 Å². The first-order chi connectivity index (χ1) is 28.3. The van der Waals surface area contributed by atoms with Crippen molar-refractivity contribution in [3.05, 3.63) is 82.5 Å². The number of rotatable bonds is 19. The summed E-state index contributed by atoms with van der Waals surface area (Å²) in [6.07, 6.45) is 7.74. The van der Waals surface area contributed by atoms with Crippen molar-refractivity contribution in [2.75, 3.05) is 39.2 Å². The summed E-state index contributed by atoms with van der Waals surface area (Å²) >= 11 is 1.39. The van der Waals surface area contributed by atoms with E-state index in [-0.39, 0.29) is 48.8 Å². The van der Waals surface area contributed by atoms with Gasteiger partial charge >= 0.3 is 5.97 Å². The van der Waals surface area contributed by atoms with E-state index >= 15 is 0 Å². The standard InChI is InChI=1S/C46H53N5O7S/c1-8-31-26(3)35-21-36-28(5)33(13-12-30(52)11-10-17-57-19-20-58-18-16-51-44(53)25-43(59-7)46(51)56)41(49-36)24-42-34(14-15-45(54)55)29(6)38(50-42)23-40-32(9-2)27(4)37(48-40)22-39(31)47-35/h8-9,21-24,43,47-48H,1-2,10-20,25H2,3-7H3,(H,54,55). The lowest BCUT2D eigenvalue weighted by Crippen LogP contribution is -2.34. The molecule has 3 aromatic rings. The second-order valence-corrected chi connectivity index (χ2v) is 16.1. The number of thioether (sulfide) groups is 1. The van der Waals surface area contributed by atoms with Crippen LogP contribution < -0.4 is 0 Å². The smallest absolute Gasteiger partial charge is 0.303 e. The molecule has 1 atom stereocenters. The molecule has 0 aromatic carbocycles. The molecule has 8 bridgehead atoms. The molecule has 0 spiro atoms. The fraction of sp³-hybridized carbons (Fsp3) is 0.391. The van der Waals surface area contributed by atoms with E-state index in [1.165, 1.54) is 16.7 Å². The van der Waals surface area contributed by atoms with Crippen molar-refractivity contribution in [1.29, 1.82) is 0 Å². The lowest BCUT2D eigenvalue weighted by Gasteiger charge is -2.14. The number of carbonyl (C=O) groups excluding carboxylic acids is 3. The van der Waals surface area contributed by atoms with Gasteiger partial charge in [0, 0.05) is 65.5 Å². The lowest BCUT2D eigenvalue weighted by atomic mass is 9.97. The summed E-state index contributed by atoms with van der Waals surface area (Å²) in [6.45, 7) is 17.9. The van der Waals surface area contributed by atoms with Crippen molar-refractivity contribution < 1.29 is 33.8 Å². The summed E-state index contributed by atoms with van der Waals surface area (Å²) in [5, 5.41) is 9.34. The minimum absolute atomic E-state index is 0.0439. The van der Waals surface area contributed by atoms with Crippen LogP contribution in [0, 0.1) is 13.8 Å². The molecular weight excluding hydrogens is 767 g/mol. The topological polar surface area (TPSA) is 168 Å². The molecule has 0 radical (unpaired) electrons. The number of carboxylic acid groups (broad SMARTS) is 1. The highest BCUT2D eigenvalue weighted by Crippen LogP contribution is 2.38. The highest BCUT2D eigenvalue weighted by Gasteiger charge is 2.37. The number of nitrogens with zero attached hydrogens (tertiary/aromatic N) is 3. The van der Waals surface area contributed by atoms with Gasteiger partial charge in [-0.05, 0) is 111 Å². The summed E-state index contributed by atoms with van der Waals surface area (Å²) in [6, 6.07) is 8.04. The fourth-order valence-corrected chi connectivity index (χ4v) is 8.48. The first kappa shape index (κ1) is 43.2. The van der Waals surface area contributed by atoms with Crippen LogP contribution in [0.2, 0.25) is 0 Å². The zero-order valence-corrected chi connectivity index (χ0v) is 35.4. The number of H-pyrrole nitrogens is 2. The number of likely N-dealkylation sites (tertiary alicyclic amines) is 1. The number of aliphatic carboxylic acids is 1. The van der Waals surface area contributed by atoms with Crippen molar-refractivity contribution in [2.45, 2.75) is 77.9 Å². The average molecular weight is 820 g/mol. The molecule has 59 heavy (non-hydrogen) atoms. The molecule has 3 aliphatic heterocycles. The zero-order valence-electron chi connectivity index (χ0n) is 34.6. The number of carbonyl (C=O) groups is 4. The van der Waals surface area contributed by atoms with Gasteiger partial charge in [-0.25, -0.2) is 9.97 Å². The molecular formula is C46H53N5O7S. The Hall–Kier alpha value is -5.37. The van der Waals surface area contributed by atoms with Gasteiger partial charge in [-0.15, -0.1) is 0 Å². The summed E-state index contributed by atoms with van der Waals surface area (Å²) in [7, 11) is 0. The van der Waals surface area contributed by atoms with Crippen molar-refractivity contribution >= 4 is 91.8 Å². The lowest BCUT2D eigenvalue weighted by molar-refractivity contribution is -0.139. The predicted molar refractivity (Wildman–Crippen MR) is 236 cm³/mol. The molecule has 3 N–H and O–H groups in total. The summed E-state index contributed by atoms with van der Waals surface area (Å²) < 4.78 is 11.3. The third-order valence-corrected chi connectivity index (χ3v) is 12.3. The molecule has 13 heteroatoms. The monoisotopic (exact) mass is 819 g/mol. The van der Waals surface area contributed by atoms with E-state index in [4.69, 9.17) is 19.4 Å². The molecule has 3 aromatic heterocycles.